The monoisotopic (exact) mass is 431 g/mol. The van der Waals surface area contributed by atoms with Gasteiger partial charge >= 0.3 is 0 Å². The van der Waals surface area contributed by atoms with Gasteiger partial charge in [0.25, 0.3) is 0 Å². The van der Waals surface area contributed by atoms with E-state index in [2.05, 4.69) is 60.2 Å². The summed E-state index contributed by atoms with van der Waals surface area (Å²) in [4.78, 5) is 9.69. The highest BCUT2D eigenvalue weighted by Crippen LogP contribution is 2.31. The van der Waals surface area contributed by atoms with Crippen molar-refractivity contribution in [2.45, 2.75) is 26.2 Å². The number of rotatable bonds is 7. The van der Waals surface area contributed by atoms with E-state index in [-0.39, 0.29) is 0 Å². The van der Waals surface area contributed by atoms with Crippen molar-refractivity contribution in [1.29, 1.82) is 0 Å². The normalized spacial score (nSPS) is 14.1. The zero-order chi connectivity index (χ0) is 21.8. The minimum atomic E-state index is 0.722. The summed E-state index contributed by atoms with van der Waals surface area (Å²) in [6.45, 7) is 14.8. The zero-order valence-electron chi connectivity index (χ0n) is 18.3. The Morgan fingerprint density at radius 2 is 1.68 bits per heavy atom. The fourth-order valence-electron chi connectivity index (χ4n) is 4.14. The molecule has 1 aliphatic heterocycles. The van der Waals surface area contributed by atoms with Crippen LogP contribution in [-0.2, 0) is 0 Å². The minimum absolute atomic E-state index is 0.722. The maximum atomic E-state index is 6.59. The molecule has 0 N–H and O–H groups in total. The third-order valence-corrected chi connectivity index (χ3v) is 6.40. The van der Waals surface area contributed by atoms with Gasteiger partial charge in [-0.15, -0.1) is 0 Å². The molecule has 4 rings (SSSR count). The molecule has 3 nitrogen and oxygen atoms in total. The first-order valence-electron chi connectivity index (χ1n) is 11.1. The molecule has 0 aliphatic carbocycles. The van der Waals surface area contributed by atoms with Gasteiger partial charge in [-0.2, -0.15) is 0 Å². The number of fused-ring (bicyclic) bond motifs is 1. The van der Waals surface area contributed by atoms with Crippen LogP contribution in [0.2, 0.25) is 5.02 Å². The summed E-state index contributed by atoms with van der Waals surface area (Å²) in [7, 11) is 0. The molecular weight excluding hydrogens is 402 g/mol. The topological polar surface area (TPSA) is 19.4 Å². The highest BCUT2D eigenvalue weighted by Gasteiger charge is 2.20. The first-order valence-corrected chi connectivity index (χ1v) is 11.5. The number of hydrogen-bond acceptors (Lipinski definition) is 3. The maximum Gasteiger partial charge on any atom is 0.0731 e. The van der Waals surface area contributed by atoms with Gasteiger partial charge in [0.15, 0.2) is 0 Å². The molecular formula is C27H30ClN3. The van der Waals surface area contributed by atoms with Gasteiger partial charge in [0.05, 0.1) is 16.2 Å². The standard InChI is InChI=1S/C27H30ClN3/c1-4-5-9-20(2)30-14-16-31(17-15-30)21(3)23-12-13-24-25(28)19-26(29-27(24)18-23)22-10-7-6-8-11-22/h6-8,10-13,18-19H,2-5,9,14-17H2,1H3. The summed E-state index contributed by atoms with van der Waals surface area (Å²) >= 11 is 6.59. The van der Waals surface area contributed by atoms with Gasteiger partial charge in [-0.25, -0.2) is 4.98 Å². The minimum Gasteiger partial charge on any atom is -0.372 e. The molecule has 31 heavy (non-hydrogen) atoms. The molecule has 160 valence electrons. The van der Waals surface area contributed by atoms with E-state index in [9.17, 15) is 0 Å². The van der Waals surface area contributed by atoms with E-state index in [0.29, 0.717) is 0 Å². The molecule has 1 fully saturated rings. The largest absolute Gasteiger partial charge is 0.372 e. The Hall–Kier alpha value is -2.78. The third-order valence-electron chi connectivity index (χ3n) is 6.09. The first-order chi connectivity index (χ1) is 15.1. The van der Waals surface area contributed by atoms with Gasteiger partial charge in [-0.1, -0.05) is 80.6 Å². The molecule has 3 aromatic rings. The molecule has 0 radical (unpaired) electrons. The Morgan fingerprint density at radius 1 is 0.968 bits per heavy atom. The summed E-state index contributed by atoms with van der Waals surface area (Å²) < 4.78 is 0. The van der Waals surface area contributed by atoms with Gasteiger partial charge in [-0.05, 0) is 30.5 Å². The lowest BCUT2D eigenvalue weighted by Crippen LogP contribution is -2.44. The Balaban J connectivity index is 1.52. The lowest BCUT2D eigenvalue weighted by atomic mass is 10.1. The second-order valence-corrected chi connectivity index (χ2v) is 8.59. The number of piperazine rings is 1. The van der Waals surface area contributed by atoms with E-state index >= 15 is 0 Å². The van der Waals surface area contributed by atoms with Gasteiger partial charge < -0.3 is 9.80 Å². The van der Waals surface area contributed by atoms with Crippen molar-refractivity contribution >= 4 is 28.2 Å². The third kappa shape index (κ3) is 4.77. The number of allylic oxidation sites excluding steroid dienone is 1. The van der Waals surface area contributed by atoms with Crippen LogP contribution in [0, 0.1) is 0 Å². The van der Waals surface area contributed by atoms with Gasteiger partial charge in [-0.3, -0.25) is 0 Å². The number of nitrogens with zero attached hydrogens (tertiary/aromatic N) is 3. The number of benzene rings is 2. The Labute approximate surface area is 190 Å². The van der Waals surface area contributed by atoms with Gasteiger partial charge in [0, 0.05) is 48.5 Å². The second kappa shape index (κ2) is 9.57. The molecule has 0 unspecified atom stereocenters. The van der Waals surface area contributed by atoms with Crippen molar-refractivity contribution in [3.05, 3.63) is 84.0 Å². The average Bonchev–Trinajstić information content (AvgIpc) is 2.82. The maximum absolute atomic E-state index is 6.59. The molecule has 1 saturated heterocycles. The SMILES string of the molecule is C=C(CCCC)N1CCN(C(=C)c2ccc3c(Cl)cc(-c4ccccc4)nc3c2)CC1. The van der Waals surface area contributed by atoms with E-state index < -0.39 is 0 Å². The first kappa shape index (κ1) is 21.5. The van der Waals surface area contributed by atoms with E-state index in [0.717, 1.165) is 71.0 Å². The van der Waals surface area contributed by atoms with Crippen LogP contribution in [0.1, 0.15) is 31.7 Å². The fourth-order valence-corrected chi connectivity index (χ4v) is 4.40. The summed E-state index contributed by atoms with van der Waals surface area (Å²) in [6, 6.07) is 18.4. The average molecular weight is 432 g/mol. The van der Waals surface area contributed by atoms with E-state index in [1.54, 1.807) is 0 Å². The van der Waals surface area contributed by atoms with E-state index in [4.69, 9.17) is 16.6 Å². The lowest BCUT2D eigenvalue weighted by molar-refractivity contribution is 0.209. The van der Waals surface area contributed by atoms with Crippen molar-refractivity contribution in [2.24, 2.45) is 0 Å². The Kier molecular flexibility index (Phi) is 6.62. The molecule has 2 aromatic carbocycles. The summed E-state index contributed by atoms with van der Waals surface area (Å²) in [6.07, 6.45) is 3.52. The smallest absolute Gasteiger partial charge is 0.0731 e. The van der Waals surface area contributed by atoms with Gasteiger partial charge in [0.2, 0.25) is 0 Å². The van der Waals surface area contributed by atoms with Crippen molar-refractivity contribution < 1.29 is 0 Å². The number of aromatic nitrogens is 1. The number of hydrogen-bond donors (Lipinski definition) is 0. The quantitative estimate of drug-likeness (QED) is 0.407. The van der Waals surface area contributed by atoms with Crippen molar-refractivity contribution in [3.8, 4) is 11.3 Å². The molecule has 2 heterocycles. The van der Waals surface area contributed by atoms with Gasteiger partial charge in [0.1, 0.15) is 0 Å². The molecule has 4 heteroatoms. The molecule has 1 aliphatic rings. The highest BCUT2D eigenvalue weighted by atomic mass is 35.5. The van der Waals surface area contributed by atoms with Crippen LogP contribution in [0.5, 0.6) is 0 Å². The van der Waals surface area contributed by atoms with Crippen LogP contribution in [0.4, 0.5) is 0 Å². The lowest BCUT2D eigenvalue weighted by Gasteiger charge is -2.39. The van der Waals surface area contributed by atoms with Crippen LogP contribution in [0.25, 0.3) is 27.9 Å². The Morgan fingerprint density at radius 3 is 2.39 bits per heavy atom. The summed E-state index contributed by atoms with van der Waals surface area (Å²) in [5.41, 5.74) is 6.26. The van der Waals surface area contributed by atoms with Crippen LogP contribution in [0.3, 0.4) is 0 Å². The number of unbranched alkanes of at least 4 members (excludes halogenated alkanes) is 1. The zero-order valence-corrected chi connectivity index (χ0v) is 19.0. The molecule has 0 amide bonds. The van der Waals surface area contributed by atoms with Crippen LogP contribution in [-0.4, -0.2) is 41.0 Å². The molecule has 0 spiro atoms. The van der Waals surface area contributed by atoms with Crippen molar-refractivity contribution in [2.75, 3.05) is 26.2 Å². The molecule has 1 aromatic heterocycles. The molecule has 0 atom stereocenters. The van der Waals surface area contributed by atoms with E-state index in [1.165, 1.54) is 18.5 Å². The second-order valence-electron chi connectivity index (χ2n) is 8.18. The van der Waals surface area contributed by atoms with E-state index in [1.807, 2.05) is 24.3 Å². The summed E-state index contributed by atoms with van der Waals surface area (Å²) in [5.74, 6) is 0. The molecule has 0 bridgehead atoms. The highest BCUT2D eigenvalue weighted by molar-refractivity contribution is 6.35. The molecule has 0 saturated carbocycles. The number of pyridine rings is 1. The van der Waals surface area contributed by atoms with Crippen molar-refractivity contribution in [1.82, 2.24) is 14.8 Å². The fraction of sp³-hybridized carbons (Fsp3) is 0.296. The Bertz CT molecular complexity index is 1080. The number of halogens is 1. The summed E-state index contributed by atoms with van der Waals surface area (Å²) in [5, 5.41) is 1.69. The van der Waals surface area contributed by atoms with Crippen LogP contribution >= 0.6 is 11.6 Å². The van der Waals surface area contributed by atoms with Crippen LogP contribution < -0.4 is 0 Å². The predicted octanol–water partition coefficient (Wildman–Crippen LogP) is 6.85. The predicted molar refractivity (Wildman–Crippen MR) is 133 cm³/mol. The van der Waals surface area contributed by atoms with Crippen LogP contribution in [0.15, 0.2) is 73.5 Å². The van der Waals surface area contributed by atoms with Crippen molar-refractivity contribution in [3.63, 3.8) is 0 Å².